The highest BCUT2D eigenvalue weighted by molar-refractivity contribution is 6.35. The second-order valence-corrected chi connectivity index (χ2v) is 7.27. The Morgan fingerprint density at radius 3 is 2.28 bits per heavy atom. The van der Waals surface area contributed by atoms with Crippen LogP contribution in [-0.4, -0.2) is 52.8 Å². The molecule has 0 aliphatic carbocycles. The summed E-state index contributed by atoms with van der Waals surface area (Å²) in [6.07, 6.45) is 4.35. The summed E-state index contributed by atoms with van der Waals surface area (Å²) in [5, 5.41) is 0. The molecule has 2 heterocycles. The summed E-state index contributed by atoms with van der Waals surface area (Å²) < 4.78 is 5.69. The topological polar surface area (TPSA) is 62.7 Å². The zero-order valence-electron chi connectivity index (χ0n) is 17.4. The lowest BCUT2D eigenvalue weighted by Crippen LogP contribution is -2.33. The van der Waals surface area contributed by atoms with Crippen LogP contribution >= 0.6 is 0 Å². The number of amides is 2. The maximum absolute atomic E-state index is 12.9. The molecule has 0 saturated heterocycles. The second kappa shape index (κ2) is 8.90. The first-order valence-corrected chi connectivity index (χ1v) is 9.90. The molecule has 3 rings (SSSR count). The van der Waals surface area contributed by atoms with E-state index in [4.69, 9.17) is 4.74 Å². The second-order valence-electron chi connectivity index (χ2n) is 7.27. The SMILES string of the molecule is CCN(CCc1ccncc1)C1=C(c2ccc(OC(C)C)cc2)C(=O)N(C)C1=O. The van der Waals surface area contributed by atoms with Crippen LogP contribution in [0.2, 0.25) is 0 Å². The molecule has 0 fully saturated rings. The van der Waals surface area contributed by atoms with Crippen LogP contribution in [0, 0.1) is 0 Å². The predicted octanol–water partition coefficient (Wildman–Crippen LogP) is 3.14. The van der Waals surface area contributed by atoms with Crippen LogP contribution in [0.15, 0.2) is 54.5 Å². The fourth-order valence-corrected chi connectivity index (χ4v) is 3.39. The Morgan fingerprint density at radius 2 is 1.69 bits per heavy atom. The quantitative estimate of drug-likeness (QED) is 0.645. The minimum atomic E-state index is -0.273. The largest absolute Gasteiger partial charge is 0.491 e. The molecule has 6 heteroatoms. The van der Waals surface area contributed by atoms with Gasteiger partial charge in [0.2, 0.25) is 0 Å². The van der Waals surface area contributed by atoms with Gasteiger partial charge in [-0.3, -0.25) is 19.5 Å². The van der Waals surface area contributed by atoms with Gasteiger partial charge in [-0.2, -0.15) is 0 Å². The van der Waals surface area contributed by atoms with Crippen molar-refractivity contribution in [1.82, 2.24) is 14.8 Å². The molecule has 0 spiro atoms. The Bertz CT molecular complexity index is 905. The van der Waals surface area contributed by atoms with E-state index in [1.54, 1.807) is 12.4 Å². The molecular weight excluding hydrogens is 366 g/mol. The van der Waals surface area contributed by atoms with Gasteiger partial charge in [-0.05, 0) is 62.6 Å². The van der Waals surface area contributed by atoms with Crippen LogP contribution in [0.5, 0.6) is 5.75 Å². The van der Waals surface area contributed by atoms with Crippen molar-refractivity contribution in [3.63, 3.8) is 0 Å². The fourth-order valence-electron chi connectivity index (χ4n) is 3.39. The predicted molar refractivity (Wildman–Crippen MR) is 112 cm³/mol. The van der Waals surface area contributed by atoms with Crippen molar-refractivity contribution in [3.05, 3.63) is 65.6 Å². The summed E-state index contributed by atoms with van der Waals surface area (Å²) >= 11 is 0. The Hall–Kier alpha value is -3.15. The summed E-state index contributed by atoms with van der Waals surface area (Å²) in [6.45, 7) is 7.19. The van der Waals surface area contributed by atoms with E-state index >= 15 is 0 Å². The lowest BCUT2D eigenvalue weighted by atomic mass is 10.0. The third-order valence-corrected chi connectivity index (χ3v) is 4.89. The molecular formula is C23H27N3O3. The van der Waals surface area contributed by atoms with E-state index in [1.807, 2.05) is 62.1 Å². The lowest BCUT2D eigenvalue weighted by molar-refractivity contribution is -0.135. The van der Waals surface area contributed by atoms with Crippen molar-refractivity contribution in [2.45, 2.75) is 33.3 Å². The maximum atomic E-state index is 12.9. The van der Waals surface area contributed by atoms with Gasteiger partial charge in [0.1, 0.15) is 11.4 Å². The number of rotatable bonds is 8. The van der Waals surface area contributed by atoms with Crippen LogP contribution in [0.4, 0.5) is 0 Å². The molecule has 0 unspecified atom stereocenters. The van der Waals surface area contributed by atoms with Crippen molar-refractivity contribution < 1.29 is 14.3 Å². The number of hydrogen-bond acceptors (Lipinski definition) is 5. The molecule has 29 heavy (non-hydrogen) atoms. The molecule has 1 aliphatic rings. The molecule has 2 aromatic rings. The first-order chi connectivity index (χ1) is 13.9. The number of likely N-dealkylation sites (N-methyl/N-ethyl adjacent to an activating group) is 2. The average Bonchev–Trinajstić information content (AvgIpc) is 2.94. The molecule has 0 radical (unpaired) electrons. The lowest BCUT2D eigenvalue weighted by Gasteiger charge is -2.24. The highest BCUT2D eigenvalue weighted by atomic mass is 16.5. The minimum Gasteiger partial charge on any atom is -0.491 e. The molecule has 1 aromatic carbocycles. The third-order valence-electron chi connectivity index (χ3n) is 4.89. The van der Waals surface area contributed by atoms with Gasteiger partial charge in [-0.25, -0.2) is 0 Å². The summed E-state index contributed by atoms with van der Waals surface area (Å²) in [6, 6.07) is 11.3. The van der Waals surface area contributed by atoms with Gasteiger partial charge in [0, 0.05) is 32.5 Å². The van der Waals surface area contributed by atoms with E-state index in [0.29, 0.717) is 24.4 Å². The van der Waals surface area contributed by atoms with Gasteiger partial charge in [0.05, 0.1) is 11.7 Å². The Labute approximate surface area is 171 Å². The highest BCUT2D eigenvalue weighted by Crippen LogP contribution is 2.32. The maximum Gasteiger partial charge on any atom is 0.277 e. The van der Waals surface area contributed by atoms with E-state index < -0.39 is 0 Å². The van der Waals surface area contributed by atoms with Crippen LogP contribution in [-0.2, 0) is 16.0 Å². The molecule has 0 bridgehead atoms. The van der Waals surface area contributed by atoms with Crippen molar-refractivity contribution >= 4 is 17.4 Å². The summed E-state index contributed by atoms with van der Waals surface area (Å²) in [4.78, 5) is 33.0. The van der Waals surface area contributed by atoms with E-state index in [9.17, 15) is 9.59 Å². The highest BCUT2D eigenvalue weighted by Gasteiger charge is 2.39. The molecule has 2 amide bonds. The number of carbonyl (C=O) groups is 2. The van der Waals surface area contributed by atoms with Crippen LogP contribution in [0.25, 0.3) is 5.57 Å². The van der Waals surface area contributed by atoms with E-state index in [2.05, 4.69) is 4.98 Å². The van der Waals surface area contributed by atoms with Crippen molar-refractivity contribution in [3.8, 4) is 5.75 Å². The third kappa shape index (κ3) is 4.47. The van der Waals surface area contributed by atoms with Gasteiger partial charge in [0.15, 0.2) is 0 Å². The van der Waals surface area contributed by atoms with Crippen LogP contribution < -0.4 is 4.74 Å². The molecule has 0 N–H and O–H groups in total. The van der Waals surface area contributed by atoms with Gasteiger partial charge < -0.3 is 9.64 Å². The number of nitrogens with zero attached hydrogens (tertiary/aromatic N) is 3. The van der Waals surface area contributed by atoms with Gasteiger partial charge in [0.25, 0.3) is 11.8 Å². The number of hydrogen-bond donors (Lipinski definition) is 0. The van der Waals surface area contributed by atoms with Crippen molar-refractivity contribution in [2.24, 2.45) is 0 Å². The Balaban J connectivity index is 1.93. The van der Waals surface area contributed by atoms with Crippen molar-refractivity contribution in [2.75, 3.05) is 20.1 Å². The van der Waals surface area contributed by atoms with E-state index in [0.717, 1.165) is 23.3 Å². The number of benzene rings is 1. The Kier molecular flexibility index (Phi) is 6.32. The van der Waals surface area contributed by atoms with Gasteiger partial charge >= 0.3 is 0 Å². The summed E-state index contributed by atoms with van der Waals surface area (Å²) in [5.74, 6) is 0.204. The summed E-state index contributed by atoms with van der Waals surface area (Å²) in [7, 11) is 1.53. The van der Waals surface area contributed by atoms with Crippen LogP contribution in [0.1, 0.15) is 31.9 Å². The summed E-state index contributed by atoms with van der Waals surface area (Å²) in [5.41, 5.74) is 2.78. The molecule has 6 nitrogen and oxygen atoms in total. The normalized spacial score (nSPS) is 14.2. The van der Waals surface area contributed by atoms with Gasteiger partial charge in [-0.1, -0.05) is 12.1 Å². The molecule has 1 aromatic heterocycles. The number of carbonyl (C=O) groups excluding carboxylic acids is 2. The number of aromatic nitrogens is 1. The van der Waals surface area contributed by atoms with E-state index in [-0.39, 0.29) is 17.9 Å². The monoisotopic (exact) mass is 393 g/mol. The zero-order chi connectivity index (χ0) is 21.0. The smallest absolute Gasteiger partial charge is 0.277 e. The number of ether oxygens (including phenoxy) is 1. The first-order valence-electron chi connectivity index (χ1n) is 9.90. The van der Waals surface area contributed by atoms with E-state index in [1.165, 1.54) is 11.9 Å². The van der Waals surface area contributed by atoms with Crippen LogP contribution in [0.3, 0.4) is 0 Å². The molecule has 1 aliphatic heterocycles. The van der Waals surface area contributed by atoms with Crippen molar-refractivity contribution in [1.29, 1.82) is 0 Å². The minimum absolute atomic E-state index is 0.0696. The first kappa shape index (κ1) is 20.6. The number of pyridine rings is 1. The average molecular weight is 393 g/mol. The zero-order valence-corrected chi connectivity index (χ0v) is 17.4. The molecule has 0 saturated carbocycles. The molecule has 0 atom stereocenters. The van der Waals surface area contributed by atoms with Gasteiger partial charge in [-0.15, -0.1) is 0 Å². The number of imide groups is 1. The Morgan fingerprint density at radius 1 is 1.03 bits per heavy atom. The molecule has 152 valence electrons. The fraction of sp³-hybridized carbons (Fsp3) is 0.348. The standard InChI is InChI=1S/C23H27N3O3/c1-5-26(15-12-17-10-13-24-14-11-17)21-20(22(27)25(4)23(21)28)18-6-8-19(9-7-18)29-16(2)3/h6-11,13-14,16H,5,12,15H2,1-4H3.